The van der Waals surface area contributed by atoms with Gasteiger partial charge in [-0.25, -0.2) is 0 Å². The van der Waals surface area contributed by atoms with Gasteiger partial charge in [0.25, 0.3) is 0 Å². The van der Waals surface area contributed by atoms with Crippen LogP contribution in [0.5, 0.6) is 0 Å². The van der Waals surface area contributed by atoms with E-state index in [0.717, 1.165) is 17.5 Å². The summed E-state index contributed by atoms with van der Waals surface area (Å²) < 4.78 is 0. The highest BCUT2D eigenvalue weighted by atomic mass is 35.5. The van der Waals surface area contributed by atoms with E-state index in [2.05, 4.69) is 31.2 Å². The number of halogens is 3. The van der Waals surface area contributed by atoms with E-state index in [4.69, 9.17) is 34.8 Å². The minimum atomic E-state index is 0.469. The predicted octanol–water partition coefficient (Wildman–Crippen LogP) is 6.38. The second kappa shape index (κ2) is 6.47. The Labute approximate surface area is 128 Å². The van der Waals surface area contributed by atoms with E-state index in [1.165, 1.54) is 5.56 Å². The van der Waals surface area contributed by atoms with Crippen molar-refractivity contribution in [2.24, 2.45) is 0 Å². The standard InChI is InChI=1S/C16H13Cl3/c1-2-11-3-5-12(6-4-11)7-8-13-9-15(18)16(19)10-14(13)17/h3-10H,2H2,1H3/b8-7+. The van der Waals surface area contributed by atoms with Crippen molar-refractivity contribution in [3.63, 3.8) is 0 Å². The van der Waals surface area contributed by atoms with Crippen molar-refractivity contribution in [1.82, 2.24) is 0 Å². The number of aryl methyl sites for hydroxylation is 1. The molecule has 0 radical (unpaired) electrons. The lowest BCUT2D eigenvalue weighted by Gasteiger charge is -2.02. The first kappa shape index (κ1) is 14.5. The Balaban J connectivity index is 2.24. The van der Waals surface area contributed by atoms with Gasteiger partial charge in [0.1, 0.15) is 0 Å². The Hall–Kier alpha value is -0.950. The third kappa shape index (κ3) is 3.76. The maximum absolute atomic E-state index is 6.12. The summed E-state index contributed by atoms with van der Waals surface area (Å²) >= 11 is 18.0. The fourth-order valence-corrected chi connectivity index (χ4v) is 2.33. The predicted molar refractivity (Wildman–Crippen MR) is 86.2 cm³/mol. The van der Waals surface area contributed by atoms with E-state index in [0.29, 0.717) is 15.1 Å². The summed E-state index contributed by atoms with van der Waals surface area (Å²) in [5, 5.41) is 1.57. The van der Waals surface area contributed by atoms with Crippen LogP contribution in [0.3, 0.4) is 0 Å². The minimum Gasteiger partial charge on any atom is -0.0836 e. The molecule has 2 aromatic carbocycles. The molecule has 19 heavy (non-hydrogen) atoms. The molecule has 2 rings (SSSR count). The van der Waals surface area contributed by atoms with Crippen molar-refractivity contribution in [2.45, 2.75) is 13.3 Å². The van der Waals surface area contributed by atoms with Crippen LogP contribution in [0.4, 0.5) is 0 Å². The molecule has 0 aliphatic rings. The zero-order valence-corrected chi connectivity index (χ0v) is 12.7. The van der Waals surface area contributed by atoms with Crippen LogP contribution in [0.1, 0.15) is 23.6 Å². The van der Waals surface area contributed by atoms with E-state index in [1.807, 2.05) is 12.2 Å². The van der Waals surface area contributed by atoms with E-state index < -0.39 is 0 Å². The van der Waals surface area contributed by atoms with E-state index in [-0.39, 0.29) is 0 Å². The minimum absolute atomic E-state index is 0.469. The van der Waals surface area contributed by atoms with Crippen LogP contribution >= 0.6 is 34.8 Å². The SMILES string of the molecule is CCc1ccc(/C=C/c2cc(Cl)c(Cl)cc2Cl)cc1. The molecule has 0 amide bonds. The van der Waals surface area contributed by atoms with Crippen LogP contribution in [-0.4, -0.2) is 0 Å². The molecule has 0 atom stereocenters. The summed E-state index contributed by atoms with van der Waals surface area (Å²) in [6.45, 7) is 2.14. The average molecular weight is 312 g/mol. The molecule has 0 aromatic heterocycles. The first-order chi connectivity index (χ1) is 9.10. The van der Waals surface area contributed by atoms with Crippen LogP contribution < -0.4 is 0 Å². The van der Waals surface area contributed by atoms with Gasteiger partial charge in [-0.15, -0.1) is 0 Å². The molecule has 0 aliphatic heterocycles. The molecule has 0 spiro atoms. The zero-order valence-electron chi connectivity index (χ0n) is 10.5. The van der Waals surface area contributed by atoms with Crippen LogP contribution in [0.2, 0.25) is 15.1 Å². The van der Waals surface area contributed by atoms with Crippen LogP contribution in [-0.2, 0) is 6.42 Å². The van der Waals surface area contributed by atoms with Crippen molar-refractivity contribution >= 4 is 47.0 Å². The van der Waals surface area contributed by atoms with Crippen molar-refractivity contribution < 1.29 is 0 Å². The van der Waals surface area contributed by atoms with Gasteiger partial charge in [0, 0.05) is 5.02 Å². The van der Waals surface area contributed by atoms with Gasteiger partial charge in [-0.2, -0.15) is 0 Å². The molecule has 0 saturated carbocycles. The number of hydrogen-bond acceptors (Lipinski definition) is 0. The maximum Gasteiger partial charge on any atom is 0.0607 e. The number of benzene rings is 2. The molecule has 98 valence electrons. The fraction of sp³-hybridized carbons (Fsp3) is 0.125. The molecule has 0 aliphatic carbocycles. The van der Waals surface area contributed by atoms with Gasteiger partial charge in [-0.05, 0) is 35.2 Å². The molecule has 0 fully saturated rings. The van der Waals surface area contributed by atoms with Crippen LogP contribution in [0.15, 0.2) is 36.4 Å². The van der Waals surface area contributed by atoms with Gasteiger partial charge in [0.2, 0.25) is 0 Å². The molecule has 2 aromatic rings. The largest absolute Gasteiger partial charge is 0.0836 e. The second-order valence-corrected chi connectivity index (χ2v) is 5.44. The first-order valence-corrected chi connectivity index (χ1v) is 7.15. The lowest BCUT2D eigenvalue weighted by Crippen LogP contribution is -1.80. The highest BCUT2D eigenvalue weighted by molar-refractivity contribution is 6.43. The Kier molecular flexibility index (Phi) is 4.93. The Morgan fingerprint density at radius 1 is 0.842 bits per heavy atom. The van der Waals surface area contributed by atoms with Gasteiger partial charge in [0.05, 0.1) is 10.0 Å². The van der Waals surface area contributed by atoms with Gasteiger partial charge < -0.3 is 0 Å². The molecule has 3 heteroatoms. The fourth-order valence-electron chi connectivity index (χ4n) is 1.72. The third-order valence-corrected chi connectivity index (χ3v) is 3.93. The smallest absolute Gasteiger partial charge is 0.0607 e. The highest BCUT2D eigenvalue weighted by Crippen LogP contribution is 2.30. The van der Waals surface area contributed by atoms with Crippen LogP contribution in [0, 0.1) is 0 Å². The molecular formula is C16H13Cl3. The maximum atomic E-state index is 6.12. The van der Waals surface area contributed by atoms with Crippen molar-refractivity contribution in [1.29, 1.82) is 0 Å². The molecular weight excluding hydrogens is 299 g/mol. The molecule has 0 nitrogen and oxygen atoms in total. The van der Waals surface area contributed by atoms with E-state index in [9.17, 15) is 0 Å². The molecule has 0 saturated heterocycles. The third-order valence-electron chi connectivity index (χ3n) is 2.88. The van der Waals surface area contributed by atoms with Crippen LogP contribution in [0.25, 0.3) is 12.2 Å². The normalized spacial score (nSPS) is 11.2. The van der Waals surface area contributed by atoms with Gasteiger partial charge in [-0.1, -0.05) is 78.1 Å². The second-order valence-electron chi connectivity index (χ2n) is 4.22. The first-order valence-electron chi connectivity index (χ1n) is 6.01. The summed E-state index contributed by atoms with van der Waals surface area (Å²) in [4.78, 5) is 0. The average Bonchev–Trinajstić information content (AvgIpc) is 2.42. The summed E-state index contributed by atoms with van der Waals surface area (Å²) in [5.74, 6) is 0. The van der Waals surface area contributed by atoms with Crippen molar-refractivity contribution in [3.8, 4) is 0 Å². The Morgan fingerprint density at radius 2 is 1.47 bits per heavy atom. The van der Waals surface area contributed by atoms with Gasteiger partial charge >= 0.3 is 0 Å². The number of hydrogen-bond donors (Lipinski definition) is 0. The molecule has 0 heterocycles. The Morgan fingerprint density at radius 3 is 2.11 bits per heavy atom. The number of rotatable bonds is 3. The molecule has 0 N–H and O–H groups in total. The van der Waals surface area contributed by atoms with Gasteiger partial charge in [-0.3, -0.25) is 0 Å². The van der Waals surface area contributed by atoms with Crippen molar-refractivity contribution in [2.75, 3.05) is 0 Å². The Bertz CT molecular complexity index is 598. The zero-order chi connectivity index (χ0) is 13.8. The molecule has 0 bridgehead atoms. The summed E-state index contributed by atoms with van der Waals surface area (Å²) in [5.41, 5.74) is 3.31. The van der Waals surface area contributed by atoms with Crippen molar-refractivity contribution in [3.05, 3.63) is 68.2 Å². The summed E-state index contributed by atoms with van der Waals surface area (Å²) in [6.07, 6.45) is 4.99. The topological polar surface area (TPSA) is 0 Å². The lowest BCUT2D eigenvalue weighted by atomic mass is 10.1. The monoisotopic (exact) mass is 310 g/mol. The summed E-state index contributed by atoms with van der Waals surface area (Å²) in [6, 6.07) is 11.8. The van der Waals surface area contributed by atoms with Gasteiger partial charge in [0.15, 0.2) is 0 Å². The van der Waals surface area contributed by atoms with E-state index >= 15 is 0 Å². The highest BCUT2D eigenvalue weighted by Gasteiger charge is 2.03. The molecule has 0 unspecified atom stereocenters. The lowest BCUT2D eigenvalue weighted by molar-refractivity contribution is 1.14. The summed E-state index contributed by atoms with van der Waals surface area (Å²) in [7, 11) is 0. The van der Waals surface area contributed by atoms with E-state index in [1.54, 1.807) is 12.1 Å². The quantitative estimate of drug-likeness (QED) is 0.456.